The van der Waals surface area contributed by atoms with Gasteiger partial charge >= 0.3 is 11.7 Å². The molecule has 0 spiro atoms. The number of nitrogens with one attached hydrogen (secondary N) is 1. The van der Waals surface area contributed by atoms with Crippen molar-refractivity contribution in [2.24, 2.45) is 14.1 Å². The standard InChI is InChI=1S/C18H15N3O4S/c1-20-6-5-11-7-10(3-4-13(11)20)9-25-17(23)14-8-12-15(22)19-18(24)21(2)16(12)26-14/h3-8H,9H2,1-2H3,(H,19,22,24). The molecule has 0 unspecified atom stereocenters. The molecule has 3 aromatic heterocycles. The predicted octanol–water partition coefficient (Wildman–Crippen LogP) is 2.14. The van der Waals surface area contributed by atoms with Crippen molar-refractivity contribution in [1.82, 2.24) is 14.1 Å². The maximum absolute atomic E-state index is 12.3. The minimum Gasteiger partial charge on any atom is -0.457 e. The van der Waals surface area contributed by atoms with E-state index in [0.29, 0.717) is 10.2 Å². The lowest BCUT2D eigenvalue weighted by Crippen LogP contribution is -2.27. The van der Waals surface area contributed by atoms with Crippen molar-refractivity contribution in [1.29, 1.82) is 0 Å². The first-order valence-corrected chi connectivity index (χ1v) is 8.69. The first-order valence-electron chi connectivity index (χ1n) is 7.88. The number of aromatic amines is 1. The Morgan fingerprint density at radius 3 is 2.81 bits per heavy atom. The highest BCUT2D eigenvalue weighted by Crippen LogP contribution is 2.23. The molecular formula is C18H15N3O4S. The molecule has 26 heavy (non-hydrogen) atoms. The minimum absolute atomic E-state index is 0.132. The van der Waals surface area contributed by atoms with Crippen molar-refractivity contribution in [3.8, 4) is 0 Å². The van der Waals surface area contributed by atoms with Crippen LogP contribution in [0.2, 0.25) is 0 Å². The topological polar surface area (TPSA) is 86.1 Å². The lowest BCUT2D eigenvalue weighted by molar-refractivity contribution is 0.0479. The van der Waals surface area contributed by atoms with Gasteiger partial charge in [-0.3, -0.25) is 14.3 Å². The summed E-state index contributed by atoms with van der Waals surface area (Å²) in [7, 11) is 3.51. The minimum atomic E-state index is -0.522. The fourth-order valence-corrected chi connectivity index (χ4v) is 3.88. The fraction of sp³-hybridized carbons (Fsp3) is 0.167. The third-order valence-electron chi connectivity index (χ3n) is 4.31. The second-order valence-electron chi connectivity index (χ2n) is 6.04. The van der Waals surface area contributed by atoms with Gasteiger partial charge in [0.2, 0.25) is 0 Å². The van der Waals surface area contributed by atoms with E-state index in [1.54, 1.807) is 7.05 Å². The Labute approximate surface area is 151 Å². The molecule has 3 heterocycles. The van der Waals surface area contributed by atoms with Gasteiger partial charge in [-0.25, -0.2) is 9.59 Å². The summed E-state index contributed by atoms with van der Waals surface area (Å²) in [5, 5.41) is 1.37. The molecular weight excluding hydrogens is 354 g/mol. The number of aryl methyl sites for hydroxylation is 2. The van der Waals surface area contributed by atoms with Crippen molar-refractivity contribution >= 4 is 38.4 Å². The van der Waals surface area contributed by atoms with E-state index in [-0.39, 0.29) is 11.5 Å². The van der Waals surface area contributed by atoms with Crippen molar-refractivity contribution < 1.29 is 9.53 Å². The predicted molar refractivity (Wildman–Crippen MR) is 99.7 cm³/mol. The van der Waals surface area contributed by atoms with Gasteiger partial charge in [0.1, 0.15) is 16.3 Å². The molecule has 1 N–H and O–H groups in total. The summed E-state index contributed by atoms with van der Waals surface area (Å²) >= 11 is 1.07. The number of carbonyl (C=O) groups excluding carboxylic acids is 1. The third-order valence-corrected chi connectivity index (χ3v) is 5.50. The maximum Gasteiger partial charge on any atom is 0.348 e. The fourth-order valence-electron chi connectivity index (χ4n) is 2.88. The highest BCUT2D eigenvalue weighted by molar-refractivity contribution is 7.20. The molecule has 0 bridgehead atoms. The Balaban J connectivity index is 1.58. The number of hydrogen-bond donors (Lipinski definition) is 1. The Hall–Kier alpha value is -3.13. The average Bonchev–Trinajstić information content (AvgIpc) is 3.23. The highest BCUT2D eigenvalue weighted by atomic mass is 32.1. The lowest BCUT2D eigenvalue weighted by atomic mass is 10.2. The number of thiophene rings is 1. The van der Waals surface area contributed by atoms with E-state index in [0.717, 1.165) is 27.8 Å². The van der Waals surface area contributed by atoms with Crippen molar-refractivity contribution in [3.05, 3.63) is 67.8 Å². The molecule has 0 saturated heterocycles. The number of H-pyrrole nitrogens is 1. The third kappa shape index (κ3) is 2.64. The van der Waals surface area contributed by atoms with Crippen molar-refractivity contribution in [2.75, 3.05) is 0 Å². The number of aromatic nitrogens is 3. The molecule has 0 aliphatic heterocycles. The van der Waals surface area contributed by atoms with Crippen LogP contribution >= 0.6 is 11.3 Å². The molecule has 1 aromatic carbocycles. The van der Waals surface area contributed by atoms with Crippen LogP contribution in [0.5, 0.6) is 0 Å². The SMILES string of the molecule is Cn1ccc2cc(COC(=O)c3cc4c(=O)[nH]c(=O)n(C)c4s3)ccc21. The molecule has 132 valence electrons. The monoisotopic (exact) mass is 369 g/mol. The summed E-state index contributed by atoms with van der Waals surface area (Å²) in [4.78, 5) is 38.8. The van der Waals surface area contributed by atoms with Gasteiger partial charge in [-0.15, -0.1) is 11.3 Å². The van der Waals surface area contributed by atoms with Crippen molar-refractivity contribution in [3.63, 3.8) is 0 Å². The smallest absolute Gasteiger partial charge is 0.348 e. The van der Waals surface area contributed by atoms with Gasteiger partial charge in [-0.2, -0.15) is 0 Å². The summed E-state index contributed by atoms with van der Waals surface area (Å²) in [6.45, 7) is 0.132. The van der Waals surface area contributed by atoms with Crippen molar-refractivity contribution in [2.45, 2.75) is 6.61 Å². The second kappa shape index (κ2) is 5.99. The normalized spacial score (nSPS) is 11.3. The van der Waals surface area contributed by atoms with Crippen LogP contribution in [-0.2, 0) is 25.4 Å². The highest BCUT2D eigenvalue weighted by Gasteiger charge is 2.16. The number of esters is 1. The molecule has 7 nitrogen and oxygen atoms in total. The zero-order valence-electron chi connectivity index (χ0n) is 14.1. The van der Waals surface area contributed by atoms with Crippen LogP contribution in [-0.4, -0.2) is 20.1 Å². The molecule has 0 atom stereocenters. The first kappa shape index (κ1) is 16.3. The quantitative estimate of drug-likeness (QED) is 0.561. The molecule has 8 heteroatoms. The molecule has 0 fully saturated rings. The summed E-state index contributed by atoms with van der Waals surface area (Å²) in [5.74, 6) is -0.522. The number of rotatable bonds is 3. The molecule has 0 aliphatic rings. The van der Waals surface area contributed by atoms with E-state index in [1.807, 2.05) is 42.1 Å². The number of benzene rings is 1. The zero-order valence-corrected chi connectivity index (χ0v) is 14.9. The lowest BCUT2D eigenvalue weighted by Gasteiger charge is -2.04. The Bertz CT molecular complexity index is 1280. The van der Waals surface area contributed by atoms with Gasteiger partial charge in [-0.1, -0.05) is 6.07 Å². The number of nitrogens with zero attached hydrogens (tertiary/aromatic N) is 2. The molecule has 0 radical (unpaired) electrons. The van der Waals surface area contributed by atoms with E-state index < -0.39 is 17.2 Å². The van der Waals surface area contributed by atoms with Gasteiger partial charge in [-0.05, 0) is 35.2 Å². The van der Waals surface area contributed by atoms with Crippen LogP contribution in [0.15, 0.2) is 46.1 Å². The summed E-state index contributed by atoms with van der Waals surface area (Å²) in [5.41, 5.74) is 0.960. The van der Waals surface area contributed by atoms with E-state index >= 15 is 0 Å². The Morgan fingerprint density at radius 2 is 2.00 bits per heavy atom. The molecule has 4 aromatic rings. The summed E-state index contributed by atoms with van der Waals surface area (Å²) < 4.78 is 8.70. The summed E-state index contributed by atoms with van der Waals surface area (Å²) in [6, 6.07) is 9.32. The molecule has 0 saturated carbocycles. The van der Waals surface area contributed by atoms with Crippen LogP contribution in [0.25, 0.3) is 21.1 Å². The number of carbonyl (C=O) groups is 1. The number of ether oxygens (including phenoxy) is 1. The van der Waals surface area contributed by atoms with Gasteiger partial charge in [0.05, 0.1) is 5.39 Å². The van der Waals surface area contributed by atoms with Gasteiger partial charge in [0, 0.05) is 25.8 Å². The van der Waals surface area contributed by atoms with Crippen LogP contribution in [0.4, 0.5) is 0 Å². The van der Waals surface area contributed by atoms with E-state index in [9.17, 15) is 14.4 Å². The van der Waals surface area contributed by atoms with E-state index in [4.69, 9.17) is 4.74 Å². The van der Waals surface area contributed by atoms with Crippen LogP contribution in [0.3, 0.4) is 0 Å². The molecule has 4 rings (SSSR count). The maximum atomic E-state index is 12.3. The van der Waals surface area contributed by atoms with Gasteiger partial charge in [0.25, 0.3) is 5.56 Å². The summed E-state index contributed by atoms with van der Waals surface area (Å²) in [6.07, 6.45) is 1.97. The van der Waals surface area contributed by atoms with E-state index in [1.165, 1.54) is 10.6 Å². The average molecular weight is 369 g/mol. The largest absolute Gasteiger partial charge is 0.457 e. The Morgan fingerprint density at radius 1 is 1.19 bits per heavy atom. The molecule has 0 amide bonds. The number of fused-ring (bicyclic) bond motifs is 2. The van der Waals surface area contributed by atoms with E-state index in [2.05, 4.69) is 4.98 Å². The second-order valence-corrected chi connectivity index (χ2v) is 7.07. The van der Waals surface area contributed by atoms with Crippen LogP contribution < -0.4 is 11.2 Å². The zero-order chi connectivity index (χ0) is 18.4. The first-order chi connectivity index (χ1) is 12.4. The van der Waals surface area contributed by atoms with Crippen LogP contribution in [0.1, 0.15) is 15.2 Å². The van der Waals surface area contributed by atoms with Gasteiger partial charge in [0.15, 0.2) is 0 Å². The van der Waals surface area contributed by atoms with Gasteiger partial charge < -0.3 is 9.30 Å². The molecule has 0 aliphatic carbocycles. The number of hydrogen-bond acceptors (Lipinski definition) is 5. The Kier molecular flexibility index (Phi) is 3.77. The van der Waals surface area contributed by atoms with Crippen LogP contribution in [0, 0.1) is 0 Å².